The van der Waals surface area contributed by atoms with Crippen molar-refractivity contribution in [2.24, 2.45) is 0 Å². The standard InChI is InChI=1S/2C10H19O2S.Zn/c2*1-2-3-4-5-6-7-8-12-10(11)9-13;/h2*9,13H,2-8H2,1H3;/q2*-1;+2. The predicted molar refractivity (Wildman–Crippen MR) is 115 cm³/mol. The summed E-state index contributed by atoms with van der Waals surface area (Å²) in [5.41, 5.74) is 0. The van der Waals surface area contributed by atoms with Crippen molar-refractivity contribution in [3.63, 3.8) is 0 Å². The van der Waals surface area contributed by atoms with E-state index in [1.54, 1.807) is 0 Å². The first-order valence-corrected chi connectivity index (χ1v) is 10.9. The Balaban J connectivity index is -0.000000411. The second-order valence-corrected chi connectivity index (χ2v) is 6.65. The zero-order valence-corrected chi connectivity index (χ0v) is 22.0. The van der Waals surface area contributed by atoms with Gasteiger partial charge in [0.15, 0.2) is 11.9 Å². The quantitative estimate of drug-likeness (QED) is 0.0958. The van der Waals surface area contributed by atoms with Crippen LogP contribution >= 0.6 is 25.3 Å². The monoisotopic (exact) mass is 470 g/mol. The smallest absolute Gasteiger partial charge is 0.487 e. The van der Waals surface area contributed by atoms with Crippen LogP contribution in [0.25, 0.3) is 0 Å². The summed E-state index contributed by atoms with van der Waals surface area (Å²) in [5, 5.41) is 0. The maximum Gasteiger partial charge on any atom is 2.00 e. The molecule has 0 aromatic carbocycles. The molecule has 0 amide bonds. The molecule has 0 aliphatic rings. The number of carbonyl (C=O) groups excluding carboxylic acids is 2. The Bertz CT molecular complexity index is 288. The van der Waals surface area contributed by atoms with Gasteiger partial charge >= 0.3 is 19.5 Å². The Labute approximate surface area is 190 Å². The fraction of sp³-hybridized carbons (Fsp3) is 0.800. The predicted octanol–water partition coefficient (Wildman–Crippen LogP) is 5.96. The van der Waals surface area contributed by atoms with E-state index in [1.165, 1.54) is 51.4 Å². The third-order valence-electron chi connectivity index (χ3n) is 3.70. The molecule has 0 atom stereocenters. The van der Waals surface area contributed by atoms with Gasteiger partial charge in [0.1, 0.15) is 0 Å². The van der Waals surface area contributed by atoms with Gasteiger partial charge in [-0.05, 0) is 12.8 Å². The molecule has 0 aromatic rings. The molecule has 0 spiro atoms. The topological polar surface area (TPSA) is 52.6 Å². The van der Waals surface area contributed by atoms with Crippen LogP contribution in [0.15, 0.2) is 0 Å². The normalized spacial score (nSPS) is 9.33. The molecule has 156 valence electrons. The molecule has 0 bridgehead atoms. The molecular weight excluding hydrogens is 434 g/mol. The zero-order chi connectivity index (χ0) is 19.9. The second-order valence-electron chi connectivity index (χ2n) is 6.13. The van der Waals surface area contributed by atoms with E-state index in [0.717, 1.165) is 37.2 Å². The molecule has 0 radical (unpaired) electrons. The molecule has 0 rings (SSSR count). The second kappa shape index (κ2) is 28.2. The van der Waals surface area contributed by atoms with Crippen LogP contribution in [0.4, 0.5) is 0 Å². The third kappa shape index (κ3) is 30.9. The molecule has 4 nitrogen and oxygen atoms in total. The minimum Gasteiger partial charge on any atom is -0.487 e. The number of thiol groups is 2. The van der Waals surface area contributed by atoms with Gasteiger partial charge in [-0.2, -0.15) is 0 Å². The van der Waals surface area contributed by atoms with Crippen molar-refractivity contribution in [2.45, 2.75) is 90.9 Å². The van der Waals surface area contributed by atoms with Crippen molar-refractivity contribution < 1.29 is 38.5 Å². The van der Waals surface area contributed by atoms with Gasteiger partial charge in [-0.1, -0.05) is 78.1 Å². The third-order valence-corrected chi connectivity index (χ3v) is 4.12. The molecule has 7 heteroatoms. The fourth-order valence-electron chi connectivity index (χ4n) is 2.18. The summed E-state index contributed by atoms with van der Waals surface area (Å²) in [6.45, 7) is 5.46. The van der Waals surface area contributed by atoms with E-state index in [-0.39, 0.29) is 31.4 Å². The summed E-state index contributed by atoms with van der Waals surface area (Å²) < 4.78 is 9.65. The minimum atomic E-state index is -0.336. The number of esters is 2. The van der Waals surface area contributed by atoms with Crippen LogP contribution in [0.2, 0.25) is 0 Å². The summed E-state index contributed by atoms with van der Waals surface area (Å²) in [4.78, 5) is 21.2. The molecule has 0 saturated heterocycles. The van der Waals surface area contributed by atoms with Gasteiger partial charge in [0, 0.05) is 0 Å². The van der Waals surface area contributed by atoms with E-state index in [2.05, 4.69) is 39.1 Å². The number of rotatable bonds is 16. The van der Waals surface area contributed by atoms with E-state index < -0.39 is 0 Å². The van der Waals surface area contributed by atoms with Crippen molar-refractivity contribution in [1.82, 2.24) is 0 Å². The van der Waals surface area contributed by atoms with E-state index in [1.807, 2.05) is 0 Å². The molecule has 0 N–H and O–H groups in total. The molecule has 0 saturated carbocycles. The van der Waals surface area contributed by atoms with E-state index >= 15 is 0 Å². The molecule has 0 fully saturated rings. The van der Waals surface area contributed by atoms with Crippen LogP contribution in [0.5, 0.6) is 0 Å². The summed E-state index contributed by atoms with van der Waals surface area (Å²) in [6, 6.07) is 0. The van der Waals surface area contributed by atoms with Crippen LogP contribution in [0, 0.1) is 11.5 Å². The number of hydrogen-bond acceptors (Lipinski definition) is 6. The first-order chi connectivity index (χ1) is 12.6. The summed E-state index contributed by atoms with van der Waals surface area (Å²) in [7, 11) is 0. The number of ether oxygens (including phenoxy) is 2. The number of carbonyl (C=O) groups is 2. The molecule has 0 aliphatic heterocycles. The summed E-state index contributed by atoms with van der Waals surface area (Å²) in [5.74, 6) is 1.63. The van der Waals surface area contributed by atoms with Crippen molar-refractivity contribution in [1.29, 1.82) is 0 Å². The molecule has 0 aliphatic carbocycles. The van der Waals surface area contributed by atoms with Crippen LogP contribution in [0.1, 0.15) is 90.9 Å². The number of hydrogen-bond donors (Lipinski definition) is 2. The van der Waals surface area contributed by atoms with Gasteiger partial charge in [-0.15, -0.1) is 0 Å². The first-order valence-electron chi connectivity index (χ1n) is 9.90. The van der Waals surface area contributed by atoms with E-state index in [4.69, 9.17) is 9.47 Å². The Hall–Kier alpha value is 0.00338. The van der Waals surface area contributed by atoms with Crippen molar-refractivity contribution >= 4 is 37.2 Å². The number of unbranched alkanes of at least 4 members (excludes halogenated alkanes) is 10. The minimum absolute atomic E-state index is 0. The van der Waals surface area contributed by atoms with Crippen LogP contribution in [-0.2, 0) is 38.5 Å². The Morgan fingerprint density at radius 2 is 0.926 bits per heavy atom. The van der Waals surface area contributed by atoms with Crippen molar-refractivity contribution in [3.05, 3.63) is 11.5 Å². The van der Waals surface area contributed by atoms with E-state index in [0.29, 0.717) is 13.2 Å². The fourth-order valence-corrected chi connectivity index (χ4v) is 2.33. The maximum atomic E-state index is 10.6. The average Bonchev–Trinajstić information content (AvgIpc) is 2.66. The molecule has 27 heavy (non-hydrogen) atoms. The summed E-state index contributed by atoms with van der Waals surface area (Å²) in [6.07, 6.45) is 14.5. The SMILES string of the molecule is CCCCCCCCOC(=O)[CH-]S.CCCCCCCCOC(=O)[CH-]S.[Zn+2]. The van der Waals surface area contributed by atoms with Crippen LogP contribution in [-0.4, -0.2) is 25.2 Å². The van der Waals surface area contributed by atoms with Gasteiger partial charge < -0.3 is 34.7 Å². The summed E-state index contributed by atoms with van der Waals surface area (Å²) >= 11 is 7.37. The molecular formula is C20H38O4S2Zn. The zero-order valence-electron chi connectivity index (χ0n) is 17.3. The van der Waals surface area contributed by atoms with Crippen molar-refractivity contribution in [2.75, 3.05) is 13.2 Å². The molecule has 0 unspecified atom stereocenters. The Morgan fingerprint density at radius 3 is 1.22 bits per heavy atom. The van der Waals surface area contributed by atoms with Crippen molar-refractivity contribution in [3.8, 4) is 0 Å². The maximum absolute atomic E-state index is 10.6. The Morgan fingerprint density at radius 1 is 0.630 bits per heavy atom. The van der Waals surface area contributed by atoms with Gasteiger partial charge in [0.2, 0.25) is 0 Å². The van der Waals surface area contributed by atoms with Crippen LogP contribution < -0.4 is 0 Å². The first kappa shape index (κ1) is 31.7. The van der Waals surface area contributed by atoms with Crippen LogP contribution in [0.3, 0.4) is 0 Å². The van der Waals surface area contributed by atoms with E-state index in [9.17, 15) is 9.59 Å². The Kier molecular flexibility index (Phi) is 33.1. The largest absolute Gasteiger partial charge is 2.00 e. The van der Waals surface area contributed by atoms with Gasteiger partial charge in [0.05, 0.1) is 13.2 Å². The van der Waals surface area contributed by atoms with Gasteiger partial charge in [0.25, 0.3) is 0 Å². The molecule has 0 heterocycles. The molecule has 0 aromatic heterocycles. The average molecular weight is 472 g/mol. The van der Waals surface area contributed by atoms with Gasteiger partial charge in [-0.3, -0.25) is 9.59 Å². The van der Waals surface area contributed by atoms with Gasteiger partial charge in [-0.25, -0.2) is 11.5 Å².